The Bertz CT molecular complexity index is 301. The van der Waals surface area contributed by atoms with Gasteiger partial charge in [-0.05, 0) is 49.3 Å². The third-order valence-corrected chi connectivity index (χ3v) is 3.75. The zero-order valence-corrected chi connectivity index (χ0v) is 8.50. The van der Waals surface area contributed by atoms with Gasteiger partial charge in [-0.2, -0.15) is 0 Å². The fourth-order valence-electron chi connectivity index (χ4n) is 2.99. The molecule has 2 aliphatic rings. The van der Waals surface area contributed by atoms with Crippen LogP contribution in [0.2, 0.25) is 0 Å². The molecule has 1 nitrogen and oxygen atoms in total. The van der Waals surface area contributed by atoms with Gasteiger partial charge in [0.1, 0.15) is 0 Å². The zero-order valence-electron chi connectivity index (χ0n) is 8.50. The lowest BCUT2D eigenvalue weighted by Gasteiger charge is -2.17. The van der Waals surface area contributed by atoms with E-state index in [1.54, 1.807) is 11.1 Å². The maximum absolute atomic E-state index is 3.63. The lowest BCUT2D eigenvalue weighted by Crippen LogP contribution is -2.30. The lowest BCUT2D eigenvalue weighted by atomic mass is 9.95. The Morgan fingerprint density at radius 2 is 1.79 bits per heavy atom. The SMILES string of the molecule is c1ccc2c(c1)CC(C1CCCN1)C2. The van der Waals surface area contributed by atoms with Crippen LogP contribution in [0.25, 0.3) is 0 Å². The summed E-state index contributed by atoms with van der Waals surface area (Å²) >= 11 is 0. The van der Waals surface area contributed by atoms with Crippen molar-refractivity contribution in [3.05, 3.63) is 35.4 Å². The normalized spacial score (nSPS) is 26.7. The quantitative estimate of drug-likeness (QED) is 0.710. The molecule has 1 aromatic carbocycles. The van der Waals surface area contributed by atoms with Gasteiger partial charge in [-0.25, -0.2) is 0 Å². The number of hydrogen-bond acceptors (Lipinski definition) is 1. The van der Waals surface area contributed by atoms with Crippen molar-refractivity contribution in [3.8, 4) is 0 Å². The minimum Gasteiger partial charge on any atom is -0.314 e. The minimum absolute atomic E-state index is 0.794. The van der Waals surface area contributed by atoms with Crippen LogP contribution < -0.4 is 5.32 Å². The molecule has 1 fully saturated rings. The van der Waals surface area contributed by atoms with Crippen LogP contribution in [0.15, 0.2) is 24.3 Å². The number of benzene rings is 1. The summed E-state index contributed by atoms with van der Waals surface area (Å²) in [7, 11) is 0. The van der Waals surface area contributed by atoms with Crippen LogP contribution in [0.3, 0.4) is 0 Å². The van der Waals surface area contributed by atoms with E-state index in [-0.39, 0.29) is 0 Å². The molecule has 14 heavy (non-hydrogen) atoms. The molecule has 1 aliphatic carbocycles. The smallest absolute Gasteiger partial charge is 0.0102 e. The third-order valence-electron chi connectivity index (χ3n) is 3.75. The van der Waals surface area contributed by atoms with Crippen molar-refractivity contribution in [1.82, 2.24) is 5.32 Å². The average Bonchev–Trinajstić information content (AvgIpc) is 2.86. The molecule has 1 atom stereocenters. The minimum atomic E-state index is 0.794. The van der Waals surface area contributed by atoms with Crippen LogP contribution in [0.4, 0.5) is 0 Å². The standard InChI is InChI=1S/C13H17N/c1-2-5-11-9-12(8-10(11)4-1)13-6-3-7-14-13/h1-2,4-5,12-14H,3,6-9H2. The molecule has 1 aromatic rings. The van der Waals surface area contributed by atoms with Crippen molar-refractivity contribution in [1.29, 1.82) is 0 Å². The van der Waals surface area contributed by atoms with E-state index in [4.69, 9.17) is 0 Å². The van der Waals surface area contributed by atoms with E-state index in [2.05, 4.69) is 29.6 Å². The third kappa shape index (κ3) is 1.36. The van der Waals surface area contributed by atoms with E-state index in [1.165, 1.54) is 32.2 Å². The van der Waals surface area contributed by atoms with Crippen LogP contribution in [0, 0.1) is 5.92 Å². The Labute approximate surface area is 85.5 Å². The van der Waals surface area contributed by atoms with E-state index >= 15 is 0 Å². The average molecular weight is 187 g/mol. The highest BCUT2D eigenvalue weighted by Gasteiger charge is 2.29. The maximum atomic E-state index is 3.63. The summed E-state index contributed by atoms with van der Waals surface area (Å²) in [5.74, 6) is 0.870. The number of fused-ring (bicyclic) bond motifs is 1. The van der Waals surface area contributed by atoms with Gasteiger partial charge in [0.15, 0.2) is 0 Å². The molecule has 1 N–H and O–H groups in total. The van der Waals surface area contributed by atoms with Crippen molar-refractivity contribution >= 4 is 0 Å². The molecule has 74 valence electrons. The number of nitrogens with one attached hydrogen (secondary N) is 1. The largest absolute Gasteiger partial charge is 0.314 e. The van der Waals surface area contributed by atoms with Gasteiger partial charge >= 0.3 is 0 Å². The van der Waals surface area contributed by atoms with Gasteiger partial charge in [-0.15, -0.1) is 0 Å². The first kappa shape index (κ1) is 8.49. The fourth-order valence-corrected chi connectivity index (χ4v) is 2.99. The number of hydrogen-bond donors (Lipinski definition) is 1. The lowest BCUT2D eigenvalue weighted by molar-refractivity contribution is 0.406. The summed E-state index contributed by atoms with van der Waals surface area (Å²) in [4.78, 5) is 0. The first-order chi connectivity index (χ1) is 6.93. The van der Waals surface area contributed by atoms with E-state index in [9.17, 15) is 0 Å². The Kier molecular flexibility index (Phi) is 2.06. The molecular formula is C13H17N. The molecule has 1 saturated heterocycles. The van der Waals surface area contributed by atoms with Crippen LogP contribution in [0.1, 0.15) is 24.0 Å². The summed E-state index contributed by atoms with van der Waals surface area (Å²) in [5.41, 5.74) is 3.18. The van der Waals surface area contributed by atoms with Gasteiger partial charge in [0.25, 0.3) is 0 Å². The summed E-state index contributed by atoms with van der Waals surface area (Å²) in [6.45, 7) is 1.23. The summed E-state index contributed by atoms with van der Waals surface area (Å²) in [6.07, 6.45) is 5.36. The molecule has 0 amide bonds. The second-order valence-corrected chi connectivity index (χ2v) is 4.64. The van der Waals surface area contributed by atoms with Gasteiger partial charge in [-0.1, -0.05) is 24.3 Å². The van der Waals surface area contributed by atoms with Crippen LogP contribution in [-0.4, -0.2) is 12.6 Å². The van der Waals surface area contributed by atoms with Crippen molar-refractivity contribution in [2.45, 2.75) is 31.7 Å². The van der Waals surface area contributed by atoms with Crippen LogP contribution in [0.5, 0.6) is 0 Å². The van der Waals surface area contributed by atoms with Gasteiger partial charge in [0.2, 0.25) is 0 Å². The van der Waals surface area contributed by atoms with Crippen molar-refractivity contribution < 1.29 is 0 Å². The fraction of sp³-hybridized carbons (Fsp3) is 0.538. The topological polar surface area (TPSA) is 12.0 Å². The molecular weight excluding hydrogens is 170 g/mol. The molecule has 0 spiro atoms. The molecule has 1 heteroatoms. The highest BCUT2D eigenvalue weighted by molar-refractivity contribution is 5.32. The second kappa shape index (κ2) is 3.39. The Balaban J connectivity index is 1.77. The molecule has 1 unspecified atom stereocenters. The molecule has 1 aliphatic heterocycles. The molecule has 0 saturated carbocycles. The summed E-state index contributed by atoms with van der Waals surface area (Å²) in [6, 6.07) is 9.73. The second-order valence-electron chi connectivity index (χ2n) is 4.64. The van der Waals surface area contributed by atoms with E-state index in [0.29, 0.717) is 0 Å². The Morgan fingerprint density at radius 1 is 1.07 bits per heavy atom. The van der Waals surface area contributed by atoms with Gasteiger partial charge in [0, 0.05) is 6.04 Å². The molecule has 1 heterocycles. The van der Waals surface area contributed by atoms with Crippen molar-refractivity contribution in [2.75, 3.05) is 6.54 Å². The first-order valence-corrected chi connectivity index (χ1v) is 5.73. The Morgan fingerprint density at radius 3 is 2.36 bits per heavy atom. The molecule has 0 aromatic heterocycles. The van der Waals surface area contributed by atoms with Crippen molar-refractivity contribution in [2.24, 2.45) is 5.92 Å². The van der Waals surface area contributed by atoms with E-state index < -0.39 is 0 Å². The van der Waals surface area contributed by atoms with Crippen molar-refractivity contribution in [3.63, 3.8) is 0 Å². The summed E-state index contributed by atoms with van der Waals surface area (Å²) in [5, 5.41) is 3.63. The first-order valence-electron chi connectivity index (χ1n) is 5.73. The predicted molar refractivity (Wildman–Crippen MR) is 58.4 cm³/mol. The van der Waals surface area contributed by atoms with E-state index in [1.807, 2.05) is 0 Å². The molecule has 0 bridgehead atoms. The molecule has 0 radical (unpaired) electrons. The highest BCUT2D eigenvalue weighted by atomic mass is 14.9. The number of rotatable bonds is 1. The van der Waals surface area contributed by atoms with E-state index in [0.717, 1.165) is 12.0 Å². The zero-order chi connectivity index (χ0) is 9.38. The highest BCUT2D eigenvalue weighted by Crippen LogP contribution is 2.31. The van der Waals surface area contributed by atoms with Gasteiger partial charge < -0.3 is 5.32 Å². The summed E-state index contributed by atoms with van der Waals surface area (Å²) < 4.78 is 0. The van der Waals surface area contributed by atoms with Gasteiger partial charge in [0.05, 0.1) is 0 Å². The Hall–Kier alpha value is -0.820. The molecule has 3 rings (SSSR count). The predicted octanol–water partition coefficient (Wildman–Crippen LogP) is 2.15. The van der Waals surface area contributed by atoms with Crippen LogP contribution >= 0.6 is 0 Å². The maximum Gasteiger partial charge on any atom is 0.0102 e. The van der Waals surface area contributed by atoms with Gasteiger partial charge in [-0.3, -0.25) is 0 Å². The van der Waals surface area contributed by atoms with Crippen LogP contribution in [-0.2, 0) is 12.8 Å². The monoisotopic (exact) mass is 187 g/mol.